The van der Waals surface area contributed by atoms with E-state index in [1.54, 1.807) is 11.8 Å². The lowest BCUT2D eigenvalue weighted by Crippen LogP contribution is -2.30. The number of carbonyl (C=O) groups is 4. The Hall–Kier alpha value is -1.22. The molecule has 0 N–H and O–H groups in total. The van der Waals surface area contributed by atoms with Gasteiger partial charge >= 0.3 is 17.9 Å². The summed E-state index contributed by atoms with van der Waals surface area (Å²) in [4.78, 5) is 43.3. The fourth-order valence-electron chi connectivity index (χ4n) is 1.60. The zero-order valence-electron chi connectivity index (χ0n) is 14.2. The highest BCUT2D eigenvalue weighted by atomic mass is 32.2. The average Bonchev–Trinajstić information content (AvgIpc) is 2.61. The van der Waals surface area contributed by atoms with E-state index in [1.807, 2.05) is 0 Å². The molecule has 0 aliphatic carbocycles. The van der Waals surface area contributed by atoms with Gasteiger partial charge in [0.05, 0.1) is 34.2 Å². The summed E-state index contributed by atoms with van der Waals surface area (Å²) in [5.74, 6) is 1.50. The van der Waals surface area contributed by atoms with Crippen LogP contribution in [0.3, 0.4) is 0 Å². The predicted molar refractivity (Wildman–Crippen MR) is 93.0 cm³/mol. The van der Waals surface area contributed by atoms with Crippen LogP contribution in [0, 0.1) is 5.92 Å². The van der Waals surface area contributed by atoms with E-state index < -0.39 is 5.92 Å². The van der Waals surface area contributed by atoms with Crippen LogP contribution in [0.15, 0.2) is 0 Å². The number of Topliss-reactive ketones (excluding diaryl/α,β-unsaturated/α-hetero) is 1. The van der Waals surface area contributed by atoms with Crippen molar-refractivity contribution in [2.75, 3.05) is 44.3 Å². The number of rotatable bonds is 7. The SMILES string of the molecule is COC(=O)C1CSCCC1=O.COC(=O)CCSCCC(=O)OC. The molecular formula is C15H24O7S2. The standard InChI is InChI=1S/C8H14O4S.C7H10O3S/c1-11-7(9)3-5-13-6-4-8(10)12-2;1-10-7(9)5-4-11-3-2-6(5)8/h3-6H2,1-2H3;5H,2-4H2,1H3. The number of carbonyl (C=O) groups excluding carboxylic acids is 4. The fraction of sp³-hybridized carbons (Fsp3) is 0.733. The quantitative estimate of drug-likeness (QED) is 0.280. The third kappa shape index (κ3) is 10.5. The van der Waals surface area contributed by atoms with Crippen LogP contribution >= 0.6 is 23.5 Å². The van der Waals surface area contributed by atoms with Gasteiger partial charge in [-0.3, -0.25) is 19.2 Å². The molecule has 9 heteroatoms. The molecule has 1 rings (SSSR count). The van der Waals surface area contributed by atoms with Gasteiger partial charge in [-0.25, -0.2) is 0 Å². The van der Waals surface area contributed by atoms with Crippen molar-refractivity contribution in [2.24, 2.45) is 5.92 Å². The number of methoxy groups -OCH3 is 3. The van der Waals surface area contributed by atoms with Crippen molar-refractivity contribution in [1.29, 1.82) is 0 Å². The average molecular weight is 380 g/mol. The Morgan fingerprint density at radius 3 is 2.00 bits per heavy atom. The Kier molecular flexibility index (Phi) is 13.4. The number of ether oxygens (including phenoxy) is 3. The van der Waals surface area contributed by atoms with Gasteiger partial charge in [0.25, 0.3) is 0 Å². The molecule has 0 spiro atoms. The minimum Gasteiger partial charge on any atom is -0.469 e. The van der Waals surface area contributed by atoms with Crippen LogP contribution in [0.1, 0.15) is 19.3 Å². The van der Waals surface area contributed by atoms with Gasteiger partial charge < -0.3 is 14.2 Å². The summed E-state index contributed by atoms with van der Waals surface area (Å²) >= 11 is 3.17. The highest BCUT2D eigenvalue weighted by molar-refractivity contribution is 7.99. The summed E-state index contributed by atoms with van der Waals surface area (Å²) in [5, 5.41) is 0. The Morgan fingerprint density at radius 2 is 1.58 bits per heavy atom. The number of ketones is 1. The molecule has 138 valence electrons. The van der Waals surface area contributed by atoms with E-state index >= 15 is 0 Å². The molecular weight excluding hydrogens is 356 g/mol. The topological polar surface area (TPSA) is 96.0 Å². The minimum atomic E-state index is -0.501. The largest absolute Gasteiger partial charge is 0.469 e. The second-order valence-electron chi connectivity index (χ2n) is 4.63. The normalized spacial score (nSPS) is 16.5. The molecule has 0 aromatic heterocycles. The number of hydrogen-bond donors (Lipinski definition) is 0. The maximum Gasteiger partial charge on any atom is 0.317 e. The lowest BCUT2D eigenvalue weighted by atomic mass is 10.0. The molecule has 0 radical (unpaired) electrons. The van der Waals surface area contributed by atoms with E-state index in [0.29, 0.717) is 36.5 Å². The molecule has 0 aromatic rings. The van der Waals surface area contributed by atoms with E-state index in [0.717, 1.165) is 5.75 Å². The molecule has 1 fully saturated rings. The first-order valence-corrected chi connectivity index (χ1v) is 9.66. The van der Waals surface area contributed by atoms with Crippen LogP contribution in [0.2, 0.25) is 0 Å². The Balaban J connectivity index is 0.000000446. The fourth-order valence-corrected chi connectivity index (χ4v) is 3.50. The molecule has 1 atom stereocenters. The summed E-state index contributed by atoms with van der Waals surface area (Å²) in [5.41, 5.74) is 0. The summed E-state index contributed by atoms with van der Waals surface area (Å²) in [7, 11) is 4.04. The van der Waals surface area contributed by atoms with Crippen molar-refractivity contribution in [3.63, 3.8) is 0 Å². The molecule has 1 aliphatic heterocycles. The van der Waals surface area contributed by atoms with Crippen LogP contribution in [-0.4, -0.2) is 68.0 Å². The van der Waals surface area contributed by atoms with Gasteiger partial charge in [0.2, 0.25) is 0 Å². The Morgan fingerprint density at radius 1 is 1.04 bits per heavy atom. The van der Waals surface area contributed by atoms with E-state index in [-0.39, 0.29) is 23.7 Å². The van der Waals surface area contributed by atoms with Crippen molar-refractivity contribution >= 4 is 47.2 Å². The van der Waals surface area contributed by atoms with E-state index in [1.165, 1.54) is 33.1 Å². The van der Waals surface area contributed by atoms with E-state index in [9.17, 15) is 19.2 Å². The molecule has 1 saturated heterocycles. The smallest absolute Gasteiger partial charge is 0.317 e. The minimum absolute atomic E-state index is 0.0237. The highest BCUT2D eigenvalue weighted by Crippen LogP contribution is 2.20. The van der Waals surface area contributed by atoms with Crippen LogP contribution < -0.4 is 0 Å². The molecule has 24 heavy (non-hydrogen) atoms. The monoisotopic (exact) mass is 380 g/mol. The zero-order valence-corrected chi connectivity index (χ0v) is 15.8. The first-order chi connectivity index (χ1) is 11.5. The number of hydrogen-bond acceptors (Lipinski definition) is 9. The van der Waals surface area contributed by atoms with Gasteiger partial charge in [-0.2, -0.15) is 23.5 Å². The first-order valence-electron chi connectivity index (χ1n) is 7.35. The lowest BCUT2D eigenvalue weighted by Gasteiger charge is -2.17. The second-order valence-corrected chi connectivity index (χ2v) is 7.01. The van der Waals surface area contributed by atoms with Crippen LogP contribution in [-0.2, 0) is 33.4 Å². The molecule has 0 bridgehead atoms. The molecule has 1 heterocycles. The summed E-state index contributed by atoms with van der Waals surface area (Å²) in [6, 6.07) is 0. The van der Waals surface area contributed by atoms with Gasteiger partial charge in [0.15, 0.2) is 0 Å². The van der Waals surface area contributed by atoms with Crippen molar-refractivity contribution in [3.05, 3.63) is 0 Å². The number of esters is 3. The van der Waals surface area contributed by atoms with Gasteiger partial charge in [-0.1, -0.05) is 0 Å². The molecule has 1 unspecified atom stereocenters. The number of thioether (sulfide) groups is 2. The van der Waals surface area contributed by atoms with Gasteiger partial charge in [-0.15, -0.1) is 0 Å². The highest BCUT2D eigenvalue weighted by Gasteiger charge is 2.29. The molecule has 0 aromatic carbocycles. The van der Waals surface area contributed by atoms with E-state index in [2.05, 4.69) is 14.2 Å². The Labute approximate surface area is 150 Å². The van der Waals surface area contributed by atoms with Crippen molar-refractivity contribution in [1.82, 2.24) is 0 Å². The van der Waals surface area contributed by atoms with Gasteiger partial charge in [0, 0.05) is 29.4 Å². The van der Waals surface area contributed by atoms with Crippen molar-refractivity contribution in [3.8, 4) is 0 Å². The summed E-state index contributed by atoms with van der Waals surface area (Å²) < 4.78 is 13.4. The maximum atomic E-state index is 11.1. The second kappa shape index (κ2) is 14.2. The molecule has 0 amide bonds. The van der Waals surface area contributed by atoms with Crippen molar-refractivity contribution < 1.29 is 33.4 Å². The predicted octanol–water partition coefficient (Wildman–Crippen LogP) is 1.33. The third-order valence-corrected chi connectivity index (χ3v) is 5.06. The Bertz CT molecular complexity index is 400. The molecule has 1 aliphatic rings. The summed E-state index contributed by atoms with van der Waals surface area (Å²) in [6.45, 7) is 0. The van der Waals surface area contributed by atoms with Crippen molar-refractivity contribution in [2.45, 2.75) is 19.3 Å². The van der Waals surface area contributed by atoms with Gasteiger partial charge in [-0.05, 0) is 0 Å². The van der Waals surface area contributed by atoms with Gasteiger partial charge in [0.1, 0.15) is 11.7 Å². The molecule has 0 saturated carbocycles. The summed E-state index contributed by atoms with van der Waals surface area (Å²) in [6.07, 6.45) is 1.29. The first kappa shape index (κ1) is 22.8. The zero-order chi connectivity index (χ0) is 18.4. The van der Waals surface area contributed by atoms with Crippen LogP contribution in [0.25, 0.3) is 0 Å². The maximum absolute atomic E-state index is 11.1. The van der Waals surface area contributed by atoms with Crippen LogP contribution in [0.5, 0.6) is 0 Å². The third-order valence-electron chi connectivity index (χ3n) is 3.01. The van der Waals surface area contributed by atoms with Crippen LogP contribution in [0.4, 0.5) is 0 Å². The lowest BCUT2D eigenvalue weighted by molar-refractivity contribution is -0.148. The molecule has 7 nitrogen and oxygen atoms in total. The van der Waals surface area contributed by atoms with E-state index in [4.69, 9.17) is 0 Å².